The van der Waals surface area contributed by atoms with Gasteiger partial charge in [0.15, 0.2) is 5.96 Å². The van der Waals surface area contributed by atoms with Crippen molar-refractivity contribution in [2.45, 2.75) is 38.9 Å². The molecule has 1 aromatic heterocycles. The first-order chi connectivity index (χ1) is 15.2. The molecule has 0 saturated carbocycles. The van der Waals surface area contributed by atoms with Crippen molar-refractivity contribution >= 4 is 5.96 Å². The van der Waals surface area contributed by atoms with Crippen LogP contribution in [0.25, 0.3) is 11.1 Å². The van der Waals surface area contributed by atoms with Crippen molar-refractivity contribution in [2.75, 3.05) is 19.6 Å². The molecule has 0 radical (unpaired) electrons. The van der Waals surface area contributed by atoms with Crippen LogP contribution in [0.2, 0.25) is 0 Å². The highest BCUT2D eigenvalue weighted by Gasteiger charge is 2.22. The summed E-state index contributed by atoms with van der Waals surface area (Å²) >= 11 is 0. The Morgan fingerprint density at radius 3 is 2.81 bits per heavy atom. The molecule has 2 heterocycles. The molecule has 2 aromatic carbocycles. The second kappa shape index (κ2) is 10.3. The van der Waals surface area contributed by atoms with E-state index in [0.717, 1.165) is 19.6 Å². The van der Waals surface area contributed by atoms with Crippen LogP contribution in [0, 0.1) is 0 Å². The second-order valence-electron chi connectivity index (χ2n) is 8.10. The van der Waals surface area contributed by atoms with Crippen molar-refractivity contribution in [3.05, 3.63) is 78.4 Å². The zero-order valence-corrected chi connectivity index (χ0v) is 18.2. The lowest BCUT2D eigenvalue weighted by atomic mass is 9.98. The fraction of sp³-hybridized carbons (Fsp3) is 0.360. The van der Waals surface area contributed by atoms with E-state index in [9.17, 15) is 0 Å². The summed E-state index contributed by atoms with van der Waals surface area (Å²) in [7, 11) is 0. The minimum atomic E-state index is 0.522. The minimum Gasteiger partial charge on any atom is -0.370 e. The Hall–Kier alpha value is -3.12. The fourth-order valence-corrected chi connectivity index (χ4v) is 4.31. The molecule has 1 aliphatic rings. The number of guanidine groups is 1. The van der Waals surface area contributed by atoms with Crippen LogP contribution in [-0.4, -0.2) is 46.1 Å². The molecule has 3 N–H and O–H groups in total. The Kier molecular flexibility index (Phi) is 6.99. The van der Waals surface area contributed by atoms with Crippen molar-refractivity contribution in [1.82, 2.24) is 19.8 Å². The van der Waals surface area contributed by atoms with Gasteiger partial charge in [-0.2, -0.15) is 0 Å². The van der Waals surface area contributed by atoms with E-state index in [1.54, 1.807) is 6.20 Å². The maximum atomic E-state index is 6.17. The Morgan fingerprint density at radius 2 is 2.03 bits per heavy atom. The molecule has 1 aliphatic heterocycles. The number of aliphatic imine (C=N–C) groups is 1. The first-order valence-corrected chi connectivity index (χ1v) is 11.1. The van der Waals surface area contributed by atoms with Gasteiger partial charge in [0, 0.05) is 31.5 Å². The summed E-state index contributed by atoms with van der Waals surface area (Å²) < 4.78 is 2.07. The first-order valence-electron chi connectivity index (χ1n) is 11.1. The summed E-state index contributed by atoms with van der Waals surface area (Å²) in [5, 5.41) is 3.33. The van der Waals surface area contributed by atoms with E-state index in [1.165, 1.54) is 41.6 Å². The van der Waals surface area contributed by atoms with Crippen LogP contribution in [0.3, 0.4) is 0 Å². The number of aromatic nitrogens is 2. The number of hydrogen-bond donors (Lipinski definition) is 2. The molecule has 1 fully saturated rings. The van der Waals surface area contributed by atoms with Crippen LogP contribution in [0.15, 0.2) is 72.2 Å². The van der Waals surface area contributed by atoms with Crippen LogP contribution in [0.5, 0.6) is 0 Å². The third-order valence-corrected chi connectivity index (χ3v) is 6.05. The van der Waals surface area contributed by atoms with E-state index >= 15 is 0 Å². The van der Waals surface area contributed by atoms with Gasteiger partial charge >= 0.3 is 0 Å². The van der Waals surface area contributed by atoms with Gasteiger partial charge < -0.3 is 15.6 Å². The summed E-state index contributed by atoms with van der Waals surface area (Å²) in [6.07, 6.45) is 8.12. The molecule has 31 heavy (non-hydrogen) atoms. The topological polar surface area (TPSA) is 71.5 Å². The highest BCUT2D eigenvalue weighted by Crippen LogP contribution is 2.25. The minimum absolute atomic E-state index is 0.522. The summed E-state index contributed by atoms with van der Waals surface area (Å²) in [6.45, 7) is 6.76. The molecule has 162 valence electrons. The number of benzene rings is 2. The number of nitrogens with one attached hydrogen (secondary N) is 1. The molecule has 6 nitrogen and oxygen atoms in total. The number of nitrogens with two attached hydrogens (primary N) is 1. The number of nitrogens with zero attached hydrogens (tertiary/aromatic N) is 4. The molecule has 0 aliphatic carbocycles. The standard InChI is InChI=1S/C25H32N6/c1-2-31-14-5-7-23(31)17-29-25(26)28-16-22-6-3-4-8-24(22)21-11-9-20(10-12-21)18-30-15-13-27-19-30/h3-4,6,8-13,15,19,23H,2,5,7,14,16-18H2,1H3,(H3,26,28,29). The van der Waals surface area contributed by atoms with E-state index in [0.29, 0.717) is 18.5 Å². The molecule has 0 bridgehead atoms. The Labute approximate surface area is 184 Å². The number of hydrogen-bond acceptors (Lipinski definition) is 3. The zero-order valence-electron chi connectivity index (χ0n) is 18.2. The first kappa shape index (κ1) is 21.1. The van der Waals surface area contributed by atoms with Gasteiger partial charge in [0.05, 0.1) is 12.9 Å². The number of rotatable bonds is 8. The molecule has 3 aromatic rings. The van der Waals surface area contributed by atoms with Gasteiger partial charge in [-0.15, -0.1) is 0 Å². The number of likely N-dealkylation sites (tertiary alicyclic amines) is 1. The lowest BCUT2D eigenvalue weighted by Gasteiger charge is -2.23. The Bertz CT molecular complexity index is 978. The van der Waals surface area contributed by atoms with E-state index in [1.807, 2.05) is 12.5 Å². The fourth-order valence-electron chi connectivity index (χ4n) is 4.31. The van der Waals surface area contributed by atoms with Crippen LogP contribution in [0.4, 0.5) is 0 Å². The van der Waals surface area contributed by atoms with Gasteiger partial charge in [-0.25, -0.2) is 9.98 Å². The van der Waals surface area contributed by atoms with E-state index < -0.39 is 0 Å². The average Bonchev–Trinajstić information content (AvgIpc) is 3.49. The largest absolute Gasteiger partial charge is 0.370 e. The SMILES string of the molecule is CCN1CCCC1CNC(N)=NCc1ccccc1-c1ccc(Cn2ccnc2)cc1. The lowest BCUT2D eigenvalue weighted by Crippen LogP contribution is -2.42. The lowest BCUT2D eigenvalue weighted by molar-refractivity contribution is 0.267. The predicted octanol–water partition coefficient (Wildman–Crippen LogP) is 3.49. The molecule has 0 amide bonds. The van der Waals surface area contributed by atoms with Crippen molar-refractivity contribution in [3.63, 3.8) is 0 Å². The van der Waals surface area contributed by atoms with Gasteiger partial charge in [0.25, 0.3) is 0 Å². The van der Waals surface area contributed by atoms with E-state index in [2.05, 4.69) is 80.2 Å². The zero-order chi connectivity index (χ0) is 21.5. The number of imidazole rings is 1. The molecule has 1 saturated heterocycles. The average molecular weight is 417 g/mol. The summed E-state index contributed by atoms with van der Waals surface area (Å²) in [4.78, 5) is 11.2. The van der Waals surface area contributed by atoms with Gasteiger partial charge in [0.2, 0.25) is 0 Å². The van der Waals surface area contributed by atoms with Gasteiger partial charge in [-0.05, 0) is 48.2 Å². The molecular formula is C25H32N6. The third-order valence-electron chi connectivity index (χ3n) is 6.05. The van der Waals surface area contributed by atoms with E-state index in [-0.39, 0.29) is 0 Å². The summed E-state index contributed by atoms with van der Waals surface area (Å²) in [5.41, 5.74) is 11.0. The van der Waals surface area contributed by atoms with E-state index in [4.69, 9.17) is 5.73 Å². The third kappa shape index (κ3) is 5.52. The van der Waals surface area contributed by atoms with Crippen LogP contribution < -0.4 is 11.1 Å². The van der Waals surface area contributed by atoms with Crippen LogP contribution >= 0.6 is 0 Å². The molecule has 1 atom stereocenters. The molecule has 4 rings (SSSR count). The molecular weight excluding hydrogens is 384 g/mol. The Morgan fingerprint density at radius 1 is 1.19 bits per heavy atom. The molecule has 6 heteroatoms. The van der Waals surface area contributed by atoms with Gasteiger partial charge in [-0.1, -0.05) is 55.5 Å². The second-order valence-corrected chi connectivity index (χ2v) is 8.10. The Balaban J connectivity index is 1.39. The van der Waals surface area contributed by atoms with Gasteiger partial charge in [-0.3, -0.25) is 4.90 Å². The smallest absolute Gasteiger partial charge is 0.188 e. The monoisotopic (exact) mass is 416 g/mol. The summed E-state index contributed by atoms with van der Waals surface area (Å²) in [6, 6.07) is 17.7. The highest BCUT2D eigenvalue weighted by atomic mass is 15.2. The van der Waals surface area contributed by atoms with Crippen molar-refractivity contribution in [2.24, 2.45) is 10.7 Å². The van der Waals surface area contributed by atoms with Gasteiger partial charge in [0.1, 0.15) is 0 Å². The quantitative estimate of drug-likeness (QED) is 0.436. The highest BCUT2D eigenvalue weighted by molar-refractivity contribution is 5.78. The maximum absolute atomic E-state index is 6.17. The van der Waals surface area contributed by atoms with Crippen LogP contribution in [-0.2, 0) is 13.1 Å². The molecule has 1 unspecified atom stereocenters. The van der Waals surface area contributed by atoms with Crippen molar-refractivity contribution in [3.8, 4) is 11.1 Å². The van der Waals surface area contributed by atoms with Crippen molar-refractivity contribution in [1.29, 1.82) is 0 Å². The summed E-state index contributed by atoms with van der Waals surface area (Å²) in [5.74, 6) is 0.522. The van der Waals surface area contributed by atoms with Crippen LogP contribution in [0.1, 0.15) is 30.9 Å². The molecule has 0 spiro atoms. The normalized spacial score (nSPS) is 17.2. The number of likely N-dealkylation sites (N-methyl/N-ethyl adjacent to an activating group) is 1. The maximum Gasteiger partial charge on any atom is 0.188 e. The van der Waals surface area contributed by atoms with Crippen molar-refractivity contribution < 1.29 is 0 Å². The predicted molar refractivity (Wildman–Crippen MR) is 127 cm³/mol.